The Labute approximate surface area is 159 Å². The predicted octanol–water partition coefficient (Wildman–Crippen LogP) is 5.99. The SMILES string of the molecule is CC12CC[C@H]3[C@@H](CCC4CCCC[C@@]43C)[C@H]1CC[C@@H]2[C@H]1CCC(=O)OC1. The van der Waals surface area contributed by atoms with Gasteiger partial charge >= 0.3 is 5.97 Å². The van der Waals surface area contributed by atoms with E-state index in [1.54, 1.807) is 0 Å². The van der Waals surface area contributed by atoms with Crippen molar-refractivity contribution in [1.82, 2.24) is 0 Å². The molecule has 2 unspecified atom stereocenters. The summed E-state index contributed by atoms with van der Waals surface area (Å²) in [4.78, 5) is 11.5. The van der Waals surface area contributed by atoms with Gasteiger partial charge in [0.15, 0.2) is 0 Å². The zero-order chi connectivity index (χ0) is 17.9. The van der Waals surface area contributed by atoms with E-state index in [2.05, 4.69) is 13.8 Å². The summed E-state index contributed by atoms with van der Waals surface area (Å²) in [5, 5.41) is 0. The summed E-state index contributed by atoms with van der Waals surface area (Å²) in [7, 11) is 0. The number of hydrogen-bond donors (Lipinski definition) is 0. The molecule has 4 saturated carbocycles. The van der Waals surface area contributed by atoms with Crippen molar-refractivity contribution in [3.05, 3.63) is 0 Å². The van der Waals surface area contributed by atoms with Crippen LogP contribution in [0.2, 0.25) is 0 Å². The summed E-state index contributed by atoms with van der Waals surface area (Å²) in [5.41, 5.74) is 1.17. The monoisotopic (exact) mass is 358 g/mol. The largest absolute Gasteiger partial charge is 0.465 e. The van der Waals surface area contributed by atoms with E-state index in [0.717, 1.165) is 36.0 Å². The van der Waals surface area contributed by atoms with E-state index in [-0.39, 0.29) is 5.97 Å². The van der Waals surface area contributed by atoms with E-state index in [1.165, 1.54) is 64.2 Å². The molecule has 146 valence electrons. The maximum absolute atomic E-state index is 11.5. The van der Waals surface area contributed by atoms with Crippen LogP contribution < -0.4 is 0 Å². The third-order valence-corrected chi connectivity index (χ3v) is 10.4. The van der Waals surface area contributed by atoms with Crippen molar-refractivity contribution in [1.29, 1.82) is 0 Å². The summed E-state index contributed by atoms with van der Waals surface area (Å²) < 4.78 is 5.48. The van der Waals surface area contributed by atoms with Gasteiger partial charge in [-0.3, -0.25) is 4.79 Å². The summed E-state index contributed by atoms with van der Waals surface area (Å²) >= 11 is 0. The number of ether oxygens (including phenoxy) is 1. The lowest BCUT2D eigenvalue weighted by atomic mass is 9.44. The fraction of sp³-hybridized carbons (Fsp3) is 0.958. The Balaban J connectivity index is 1.37. The second kappa shape index (κ2) is 6.24. The maximum Gasteiger partial charge on any atom is 0.305 e. The number of cyclic esters (lactones) is 1. The molecule has 1 aliphatic heterocycles. The van der Waals surface area contributed by atoms with Gasteiger partial charge < -0.3 is 4.74 Å². The van der Waals surface area contributed by atoms with Crippen molar-refractivity contribution in [2.45, 2.75) is 90.9 Å². The number of rotatable bonds is 1. The summed E-state index contributed by atoms with van der Waals surface area (Å²) in [6.07, 6.45) is 16.5. The van der Waals surface area contributed by atoms with Crippen LogP contribution in [0.4, 0.5) is 0 Å². The topological polar surface area (TPSA) is 26.3 Å². The molecule has 0 N–H and O–H groups in total. The molecule has 0 amide bonds. The summed E-state index contributed by atoms with van der Waals surface area (Å²) in [6, 6.07) is 0. The van der Waals surface area contributed by atoms with Crippen molar-refractivity contribution in [2.24, 2.45) is 46.3 Å². The normalized spacial score (nSPS) is 54.0. The molecule has 0 aromatic rings. The minimum Gasteiger partial charge on any atom is -0.465 e. The van der Waals surface area contributed by atoms with Crippen LogP contribution in [0.5, 0.6) is 0 Å². The highest BCUT2D eigenvalue weighted by atomic mass is 16.5. The molecule has 1 saturated heterocycles. The fourth-order valence-corrected chi connectivity index (χ4v) is 9.09. The van der Waals surface area contributed by atoms with E-state index < -0.39 is 0 Å². The van der Waals surface area contributed by atoms with Gasteiger partial charge in [0.25, 0.3) is 0 Å². The second-order valence-electron chi connectivity index (χ2n) is 11.1. The molecule has 0 bridgehead atoms. The van der Waals surface area contributed by atoms with Gasteiger partial charge in [-0.1, -0.05) is 26.7 Å². The molecule has 0 aromatic heterocycles. The highest BCUT2D eigenvalue weighted by Gasteiger charge is 2.60. The Hall–Kier alpha value is -0.530. The molecule has 1 heterocycles. The lowest BCUT2D eigenvalue weighted by molar-refractivity contribution is -0.154. The number of hydrogen-bond acceptors (Lipinski definition) is 2. The zero-order valence-corrected chi connectivity index (χ0v) is 17.0. The standard InChI is InChI=1S/C24H38O2/c1-23-13-4-3-5-17(23)7-8-18-20-10-9-19(16-6-11-22(25)26-15-16)24(20,2)14-12-21(18)23/h16-21H,3-15H2,1-2H3/t16-,17?,18-,19+,20+,21-,23-,24?/m0/s1. The highest BCUT2D eigenvalue weighted by molar-refractivity contribution is 5.69. The lowest BCUT2D eigenvalue weighted by Gasteiger charge is -2.61. The number of esters is 1. The Kier molecular flexibility index (Phi) is 4.22. The Morgan fingerprint density at radius 3 is 2.42 bits per heavy atom. The van der Waals surface area contributed by atoms with E-state index >= 15 is 0 Å². The number of fused-ring (bicyclic) bond motifs is 5. The number of carbonyl (C=O) groups excluding carboxylic acids is 1. The highest BCUT2D eigenvalue weighted by Crippen LogP contribution is 2.68. The van der Waals surface area contributed by atoms with Crippen molar-refractivity contribution < 1.29 is 9.53 Å². The van der Waals surface area contributed by atoms with Crippen LogP contribution in [0, 0.1) is 46.3 Å². The minimum absolute atomic E-state index is 0.0354. The van der Waals surface area contributed by atoms with Crippen molar-refractivity contribution in [2.75, 3.05) is 6.61 Å². The maximum atomic E-state index is 11.5. The van der Waals surface area contributed by atoms with Crippen molar-refractivity contribution >= 4 is 5.97 Å². The molecule has 26 heavy (non-hydrogen) atoms. The van der Waals surface area contributed by atoms with Gasteiger partial charge in [0, 0.05) is 6.42 Å². The van der Waals surface area contributed by atoms with Gasteiger partial charge in [0.05, 0.1) is 6.61 Å². The molecule has 5 rings (SSSR count). The van der Waals surface area contributed by atoms with Gasteiger partial charge in [-0.2, -0.15) is 0 Å². The molecular formula is C24H38O2. The van der Waals surface area contributed by atoms with Gasteiger partial charge in [0.2, 0.25) is 0 Å². The molecule has 2 heteroatoms. The van der Waals surface area contributed by atoms with Crippen LogP contribution in [0.1, 0.15) is 90.9 Å². The van der Waals surface area contributed by atoms with E-state index in [1.807, 2.05) is 0 Å². The van der Waals surface area contributed by atoms with E-state index in [0.29, 0.717) is 29.8 Å². The average molecular weight is 359 g/mol. The predicted molar refractivity (Wildman–Crippen MR) is 104 cm³/mol. The molecular weight excluding hydrogens is 320 g/mol. The molecule has 8 atom stereocenters. The fourth-order valence-electron chi connectivity index (χ4n) is 9.09. The number of carbonyl (C=O) groups is 1. The van der Waals surface area contributed by atoms with E-state index in [4.69, 9.17) is 4.74 Å². The Morgan fingerprint density at radius 2 is 1.62 bits per heavy atom. The summed E-state index contributed by atoms with van der Waals surface area (Å²) in [6.45, 7) is 6.03. The quantitative estimate of drug-likeness (QED) is 0.538. The third-order valence-electron chi connectivity index (χ3n) is 10.4. The zero-order valence-electron chi connectivity index (χ0n) is 17.0. The van der Waals surface area contributed by atoms with Gasteiger partial charge in [-0.25, -0.2) is 0 Å². The van der Waals surface area contributed by atoms with Crippen LogP contribution >= 0.6 is 0 Å². The molecule has 5 fully saturated rings. The lowest BCUT2D eigenvalue weighted by Crippen LogP contribution is -2.53. The molecule has 0 aromatic carbocycles. The molecule has 4 aliphatic carbocycles. The first kappa shape index (κ1) is 17.6. The van der Waals surface area contributed by atoms with Crippen LogP contribution in [0.15, 0.2) is 0 Å². The van der Waals surface area contributed by atoms with Gasteiger partial charge in [-0.15, -0.1) is 0 Å². The first-order chi connectivity index (χ1) is 12.5. The molecule has 5 aliphatic rings. The molecule has 0 radical (unpaired) electrons. The first-order valence-electron chi connectivity index (χ1n) is 11.7. The van der Waals surface area contributed by atoms with Crippen LogP contribution in [0.25, 0.3) is 0 Å². The van der Waals surface area contributed by atoms with Gasteiger partial charge in [-0.05, 0) is 104 Å². The minimum atomic E-state index is 0.0354. The smallest absolute Gasteiger partial charge is 0.305 e. The Morgan fingerprint density at radius 1 is 0.808 bits per heavy atom. The molecule has 0 spiro atoms. The average Bonchev–Trinajstić information content (AvgIpc) is 2.99. The van der Waals surface area contributed by atoms with Gasteiger partial charge in [0.1, 0.15) is 0 Å². The molecule has 2 nitrogen and oxygen atoms in total. The summed E-state index contributed by atoms with van der Waals surface area (Å²) in [5.74, 6) is 5.44. The van der Waals surface area contributed by atoms with Crippen LogP contribution in [-0.2, 0) is 9.53 Å². The third kappa shape index (κ3) is 2.46. The Bertz CT molecular complexity index is 561. The van der Waals surface area contributed by atoms with Crippen LogP contribution in [-0.4, -0.2) is 12.6 Å². The van der Waals surface area contributed by atoms with E-state index in [9.17, 15) is 4.79 Å². The first-order valence-corrected chi connectivity index (χ1v) is 11.7. The second-order valence-corrected chi connectivity index (χ2v) is 11.1. The van der Waals surface area contributed by atoms with Crippen LogP contribution in [0.3, 0.4) is 0 Å². The van der Waals surface area contributed by atoms with Crippen molar-refractivity contribution in [3.63, 3.8) is 0 Å². The van der Waals surface area contributed by atoms with Crippen molar-refractivity contribution in [3.8, 4) is 0 Å².